The number of carbonyl (C=O) groups is 1. The number of carbonyl (C=O) groups excluding carboxylic acids is 1. The molecule has 2 amide bonds. The fourth-order valence-electron chi connectivity index (χ4n) is 2.94. The minimum Gasteiger partial charge on any atom is -0.328 e. The van der Waals surface area contributed by atoms with Gasteiger partial charge in [0.1, 0.15) is 6.33 Å². The van der Waals surface area contributed by atoms with Gasteiger partial charge in [-0.1, -0.05) is 42.5 Å². The highest BCUT2D eigenvalue weighted by Gasteiger charge is 2.16. The number of amides is 2. The number of hydrogen-bond donors (Lipinski definition) is 1. The summed E-state index contributed by atoms with van der Waals surface area (Å²) in [6.45, 7) is 2.55. The van der Waals surface area contributed by atoms with Gasteiger partial charge in [-0.3, -0.25) is 0 Å². The van der Waals surface area contributed by atoms with Gasteiger partial charge in [-0.15, -0.1) is 10.2 Å². The molecule has 0 unspecified atom stereocenters. The van der Waals surface area contributed by atoms with E-state index in [1.807, 2.05) is 33.2 Å². The second-order valence-corrected chi connectivity index (χ2v) is 6.28. The van der Waals surface area contributed by atoms with Gasteiger partial charge < -0.3 is 14.8 Å². The van der Waals surface area contributed by atoms with E-state index in [-0.39, 0.29) is 12.1 Å². The highest BCUT2D eigenvalue weighted by Crippen LogP contribution is 2.19. The highest BCUT2D eigenvalue weighted by atomic mass is 16.2. The average molecular weight is 337 g/mol. The van der Waals surface area contributed by atoms with Gasteiger partial charge in [-0.25, -0.2) is 4.79 Å². The molecule has 0 spiro atoms. The lowest BCUT2D eigenvalue weighted by molar-refractivity contribution is 0.205. The summed E-state index contributed by atoms with van der Waals surface area (Å²) in [5, 5.41) is 13.3. The zero-order valence-corrected chi connectivity index (χ0v) is 14.8. The first-order chi connectivity index (χ1) is 12.1. The number of aryl methyl sites for hydroxylation is 1. The van der Waals surface area contributed by atoms with Gasteiger partial charge in [0.15, 0.2) is 5.82 Å². The molecule has 6 nitrogen and oxygen atoms in total. The van der Waals surface area contributed by atoms with Gasteiger partial charge in [0.2, 0.25) is 0 Å². The quantitative estimate of drug-likeness (QED) is 0.778. The van der Waals surface area contributed by atoms with E-state index in [1.165, 1.54) is 16.3 Å². The van der Waals surface area contributed by atoms with Crippen LogP contribution in [0, 0.1) is 0 Å². The predicted octanol–water partition coefficient (Wildman–Crippen LogP) is 2.91. The largest absolute Gasteiger partial charge is 0.328 e. The lowest BCUT2D eigenvalue weighted by Crippen LogP contribution is -2.40. The van der Waals surface area contributed by atoms with Crippen LogP contribution in [0.4, 0.5) is 4.79 Å². The van der Waals surface area contributed by atoms with Gasteiger partial charge in [-0.2, -0.15) is 0 Å². The smallest absolute Gasteiger partial charge is 0.317 e. The number of rotatable bonds is 5. The number of benzene rings is 2. The fourth-order valence-corrected chi connectivity index (χ4v) is 2.94. The molecule has 0 aliphatic rings. The fraction of sp³-hybridized carbons (Fsp3) is 0.316. The summed E-state index contributed by atoms with van der Waals surface area (Å²) in [4.78, 5) is 14.1. The lowest BCUT2D eigenvalue weighted by Gasteiger charge is -2.21. The third kappa shape index (κ3) is 3.79. The van der Waals surface area contributed by atoms with Gasteiger partial charge in [-0.05, 0) is 29.7 Å². The molecule has 0 aliphatic heterocycles. The third-order valence-corrected chi connectivity index (χ3v) is 4.42. The molecule has 0 aliphatic carbocycles. The molecule has 0 radical (unpaired) electrons. The molecule has 0 saturated heterocycles. The summed E-state index contributed by atoms with van der Waals surface area (Å²) < 4.78 is 1.81. The first-order valence-electron chi connectivity index (χ1n) is 8.38. The van der Waals surface area contributed by atoms with Gasteiger partial charge in [0.05, 0.1) is 6.04 Å². The Labute approximate surface area is 147 Å². The number of nitrogens with one attached hydrogen (secondary N) is 1. The zero-order valence-electron chi connectivity index (χ0n) is 14.8. The molecule has 0 fully saturated rings. The number of aromatic nitrogens is 3. The van der Waals surface area contributed by atoms with Crippen molar-refractivity contribution in [2.75, 3.05) is 13.6 Å². The third-order valence-electron chi connectivity index (χ3n) is 4.42. The van der Waals surface area contributed by atoms with Crippen LogP contribution in [-0.4, -0.2) is 39.3 Å². The molecule has 1 N–H and O–H groups in total. The van der Waals surface area contributed by atoms with Crippen LogP contribution in [0.15, 0.2) is 48.8 Å². The van der Waals surface area contributed by atoms with Crippen LogP contribution in [0.1, 0.15) is 24.4 Å². The van der Waals surface area contributed by atoms with Crippen molar-refractivity contribution in [2.45, 2.75) is 19.4 Å². The van der Waals surface area contributed by atoms with Crippen molar-refractivity contribution < 1.29 is 4.79 Å². The molecule has 1 atom stereocenters. The monoisotopic (exact) mass is 337 g/mol. The van der Waals surface area contributed by atoms with E-state index in [2.05, 4.69) is 45.8 Å². The van der Waals surface area contributed by atoms with Crippen molar-refractivity contribution in [2.24, 2.45) is 7.05 Å². The van der Waals surface area contributed by atoms with Crippen molar-refractivity contribution >= 4 is 16.8 Å². The van der Waals surface area contributed by atoms with E-state index in [9.17, 15) is 4.79 Å². The Balaban J connectivity index is 1.61. The minimum absolute atomic E-state index is 0.115. The maximum atomic E-state index is 12.4. The summed E-state index contributed by atoms with van der Waals surface area (Å²) in [5.41, 5.74) is 1.25. The summed E-state index contributed by atoms with van der Waals surface area (Å²) in [7, 11) is 3.67. The molecule has 3 aromatic rings. The van der Waals surface area contributed by atoms with E-state index in [0.29, 0.717) is 6.54 Å². The number of nitrogens with zero attached hydrogens (tertiary/aromatic N) is 4. The molecule has 0 saturated carbocycles. The summed E-state index contributed by atoms with van der Waals surface area (Å²) in [6.07, 6.45) is 2.44. The van der Waals surface area contributed by atoms with Crippen LogP contribution in [0.5, 0.6) is 0 Å². The van der Waals surface area contributed by atoms with Crippen molar-refractivity contribution in [1.82, 2.24) is 25.0 Å². The molecular weight excluding hydrogens is 314 g/mol. The molecule has 6 heteroatoms. The Bertz CT molecular complexity index is 868. The molecular formula is C19H23N5O. The first-order valence-corrected chi connectivity index (χ1v) is 8.38. The maximum Gasteiger partial charge on any atom is 0.317 e. The van der Waals surface area contributed by atoms with Gasteiger partial charge in [0.25, 0.3) is 0 Å². The summed E-state index contributed by atoms with van der Waals surface area (Å²) in [6, 6.07) is 14.3. The van der Waals surface area contributed by atoms with E-state index >= 15 is 0 Å². The molecule has 25 heavy (non-hydrogen) atoms. The Morgan fingerprint density at radius 1 is 1.24 bits per heavy atom. The van der Waals surface area contributed by atoms with E-state index in [1.54, 1.807) is 15.8 Å². The number of likely N-dealkylation sites (N-methyl/N-ethyl adjacent to an activating group) is 1. The second kappa shape index (κ2) is 7.34. The highest BCUT2D eigenvalue weighted by molar-refractivity contribution is 5.85. The van der Waals surface area contributed by atoms with E-state index in [0.717, 1.165) is 12.2 Å². The Morgan fingerprint density at radius 3 is 2.76 bits per heavy atom. The Hall–Kier alpha value is -2.89. The Morgan fingerprint density at radius 2 is 2.00 bits per heavy atom. The van der Waals surface area contributed by atoms with Crippen molar-refractivity contribution in [3.05, 3.63) is 60.2 Å². The summed E-state index contributed by atoms with van der Waals surface area (Å²) >= 11 is 0. The predicted molar refractivity (Wildman–Crippen MR) is 98.2 cm³/mol. The maximum absolute atomic E-state index is 12.4. The molecule has 1 aromatic heterocycles. The molecule has 2 aromatic carbocycles. The van der Waals surface area contributed by atoms with Crippen molar-refractivity contribution in [1.29, 1.82) is 0 Å². The molecule has 1 heterocycles. The van der Waals surface area contributed by atoms with Crippen LogP contribution >= 0.6 is 0 Å². The van der Waals surface area contributed by atoms with Crippen LogP contribution in [0.2, 0.25) is 0 Å². The SMILES string of the molecule is C[C@@H](NC(=O)N(C)CCc1cccc2ccccc12)c1nncn1C. The van der Waals surface area contributed by atoms with E-state index in [4.69, 9.17) is 0 Å². The average Bonchev–Trinajstić information content (AvgIpc) is 3.05. The van der Waals surface area contributed by atoms with Crippen LogP contribution in [0.25, 0.3) is 10.8 Å². The standard InChI is InChI=1S/C19H23N5O/c1-14(18-22-20-13-24(18)3)21-19(25)23(2)12-11-16-9-6-8-15-7-4-5-10-17(15)16/h4-10,13-14H,11-12H2,1-3H3,(H,21,25)/t14-/m1/s1. The molecule has 130 valence electrons. The van der Waals surface area contributed by atoms with Crippen LogP contribution in [-0.2, 0) is 13.5 Å². The molecule has 3 rings (SSSR count). The molecule has 0 bridgehead atoms. The lowest BCUT2D eigenvalue weighted by atomic mass is 10.0. The van der Waals surface area contributed by atoms with Crippen molar-refractivity contribution in [3.63, 3.8) is 0 Å². The van der Waals surface area contributed by atoms with Crippen LogP contribution in [0.3, 0.4) is 0 Å². The summed E-state index contributed by atoms with van der Waals surface area (Å²) in [5.74, 6) is 0.732. The van der Waals surface area contributed by atoms with Crippen molar-refractivity contribution in [3.8, 4) is 0 Å². The van der Waals surface area contributed by atoms with Gasteiger partial charge in [0, 0.05) is 20.6 Å². The van der Waals surface area contributed by atoms with Crippen LogP contribution < -0.4 is 5.32 Å². The Kier molecular flexibility index (Phi) is 4.97. The second-order valence-electron chi connectivity index (χ2n) is 6.28. The van der Waals surface area contributed by atoms with E-state index < -0.39 is 0 Å². The van der Waals surface area contributed by atoms with Gasteiger partial charge >= 0.3 is 6.03 Å². The normalized spacial score (nSPS) is 12.1. The zero-order chi connectivity index (χ0) is 17.8. The number of hydrogen-bond acceptors (Lipinski definition) is 3. The number of fused-ring (bicyclic) bond motifs is 1. The topological polar surface area (TPSA) is 63.1 Å². The first kappa shape index (κ1) is 17.0. The minimum atomic E-state index is -0.194. The number of urea groups is 1.